The van der Waals surface area contributed by atoms with E-state index in [1.54, 1.807) is 0 Å². The van der Waals surface area contributed by atoms with Crippen molar-refractivity contribution in [3.63, 3.8) is 0 Å². The molecule has 0 N–H and O–H groups in total. The standard InChI is InChI=1S/C30H22/c1-3-7-25-19-21-27(29(25)9-5-1)17-15-23-11-13-24(14-12-23)16-18-28-22-20-26-8-4-2-6-10-30(26)28/h1-22H/b17-15+,18-16+. The van der Waals surface area contributed by atoms with Crippen molar-refractivity contribution < 1.29 is 0 Å². The van der Waals surface area contributed by atoms with Gasteiger partial charge in [0.05, 0.1) is 0 Å². The van der Waals surface area contributed by atoms with Gasteiger partial charge in [-0.1, -0.05) is 133 Å². The lowest BCUT2D eigenvalue weighted by Gasteiger charge is -1.99. The van der Waals surface area contributed by atoms with Crippen LogP contribution < -0.4 is 0 Å². The SMILES string of the molecule is C(=C\c1ccc2cccccc1-2)/c1ccc(/C=C/c2ccc3cccccc2-3)cc1. The normalized spacial score (nSPS) is 11.7. The lowest BCUT2D eigenvalue weighted by molar-refractivity contribution is 1.62. The van der Waals surface area contributed by atoms with Crippen molar-refractivity contribution in [2.45, 2.75) is 0 Å². The fraction of sp³-hybridized carbons (Fsp3) is 0. The second-order valence-electron chi connectivity index (χ2n) is 7.47. The summed E-state index contributed by atoms with van der Waals surface area (Å²) in [5.74, 6) is 0. The van der Waals surface area contributed by atoms with Crippen molar-refractivity contribution in [1.82, 2.24) is 0 Å². The molecule has 4 aliphatic rings. The summed E-state index contributed by atoms with van der Waals surface area (Å²) < 4.78 is 0. The minimum Gasteiger partial charge on any atom is -0.0622 e. The molecular weight excluding hydrogens is 360 g/mol. The van der Waals surface area contributed by atoms with Gasteiger partial charge >= 0.3 is 0 Å². The molecule has 30 heavy (non-hydrogen) atoms. The largest absolute Gasteiger partial charge is 0.0622 e. The molecule has 142 valence electrons. The van der Waals surface area contributed by atoms with E-state index >= 15 is 0 Å². The average molecular weight is 383 g/mol. The molecular formula is C30H22. The number of hydrogen-bond donors (Lipinski definition) is 0. The van der Waals surface area contributed by atoms with E-state index in [0.29, 0.717) is 0 Å². The molecule has 0 nitrogen and oxygen atoms in total. The van der Waals surface area contributed by atoms with E-state index in [-0.39, 0.29) is 0 Å². The van der Waals surface area contributed by atoms with Gasteiger partial charge < -0.3 is 0 Å². The predicted molar refractivity (Wildman–Crippen MR) is 130 cm³/mol. The van der Waals surface area contributed by atoms with Gasteiger partial charge in [-0.3, -0.25) is 0 Å². The van der Waals surface area contributed by atoms with Crippen LogP contribution in [0.3, 0.4) is 0 Å². The fourth-order valence-corrected chi connectivity index (χ4v) is 3.86. The van der Waals surface area contributed by atoms with E-state index in [1.807, 2.05) is 0 Å². The Morgan fingerprint density at radius 1 is 0.333 bits per heavy atom. The van der Waals surface area contributed by atoms with Gasteiger partial charge in [0.1, 0.15) is 0 Å². The number of fused-ring (bicyclic) bond motifs is 2. The molecule has 0 bridgehead atoms. The summed E-state index contributed by atoms with van der Waals surface area (Å²) in [7, 11) is 0. The van der Waals surface area contributed by atoms with Crippen molar-refractivity contribution in [2.75, 3.05) is 0 Å². The summed E-state index contributed by atoms with van der Waals surface area (Å²) in [6.45, 7) is 0. The first-order valence-electron chi connectivity index (χ1n) is 10.3. The minimum atomic E-state index is 1.20. The quantitative estimate of drug-likeness (QED) is 0.293. The summed E-state index contributed by atoms with van der Waals surface area (Å²) in [5, 5.41) is 0. The van der Waals surface area contributed by atoms with E-state index < -0.39 is 0 Å². The Morgan fingerprint density at radius 2 is 0.767 bits per heavy atom. The monoisotopic (exact) mass is 382 g/mol. The predicted octanol–water partition coefficient (Wildman–Crippen LogP) is 8.24. The Labute approximate surface area is 178 Å². The van der Waals surface area contributed by atoms with E-state index in [0.717, 1.165) is 0 Å². The van der Waals surface area contributed by atoms with Gasteiger partial charge in [-0.15, -0.1) is 0 Å². The highest BCUT2D eigenvalue weighted by molar-refractivity contribution is 5.84. The van der Waals surface area contributed by atoms with E-state index in [9.17, 15) is 0 Å². The minimum absolute atomic E-state index is 1.20. The van der Waals surface area contributed by atoms with Crippen LogP contribution in [0.1, 0.15) is 22.3 Å². The van der Waals surface area contributed by atoms with Crippen LogP contribution in [0.4, 0.5) is 0 Å². The third-order valence-corrected chi connectivity index (χ3v) is 5.50. The summed E-state index contributed by atoms with van der Waals surface area (Å²) in [5.41, 5.74) is 10.0. The molecule has 0 heterocycles. The summed E-state index contributed by atoms with van der Waals surface area (Å²) in [6.07, 6.45) is 8.76. The van der Waals surface area contributed by atoms with Gasteiger partial charge in [0, 0.05) is 0 Å². The van der Waals surface area contributed by atoms with Crippen LogP contribution in [0.2, 0.25) is 0 Å². The second kappa shape index (κ2) is 8.23. The second-order valence-corrected chi connectivity index (χ2v) is 7.47. The molecule has 0 spiro atoms. The van der Waals surface area contributed by atoms with Crippen LogP contribution in [-0.4, -0.2) is 0 Å². The molecule has 1 aromatic rings. The number of benzene rings is 1. The van der Waals surface area contributed by atoms with E-state index in [4.69, 9.17) is 0 Å². The molecule has 0 atom stereocenters. The van der Waals surface area contributed by atoms with Crippen LogP contribution >= 0.6 is 0 Å². The topological polar surface area (TPSA) is 0 Å². The number of rotatable bonds is 4. The van der Waals surface area contributed by atoms with Crippen molar-refractivity contribution >= 4 is 24.3 Å². The Balaban J connectivity index is 1.32. The van der Waals surface area contributed by atoms with Crippen LogP contribution in [0.15, 0.2) is 109 Å². The zero-order chi connectivity index (χ0) is 20.2. The maximum Gasteiger partial charge on any atom is -0.0111 e. The lowest BCUT2D eigenvalue weighted by atomic mass is 10.1. The van der Waals surface area contributed by atoms with Crippen LogP contribution in [0, 0.1) is 0 Å². The molecule has 1 aromatic carbocycles. The van der Waals surface area contributed by atoms with Gasteiger partial charge in [0.25, 0.3) is 0 Å². The highest BCUT2D eigenvalue weighted by Gasteiger charge is 2.05. The van der Waals surface area contributed by atoms with Crippen molar-refractivity contribution in [2.24, 2.45) is 0 Å². The lowest BCUT2D eigenvalue weighted by Crippen LogP contribution is -1.76. The van der Waals surface area contributed by atoms with E-state index in [2.05, 4.69) is 133 Å². The number of hydrogen-bond acceptors (Lipinski definition) is 0. The fourth-order valence-electron chi connectivity index (χ4n) is 3.86. The highest BCUT2D eigenvalue weighted by atomic mass is 14.1. The van der Waals surface area contributed by atoms with Crippen LogP contribution in [-0.2, 0) is 0 Å². The molecule has 5 rings (SSSR count). The smallest absolute Gasteiger partial charge is 0.0111 e. The first-order chi connectivity index (χ1) is 14.9. The molecule has 0 fully saturated rings. The highest BCUT2D eigenvalue weighted by Crippen LogP contribution is 2.29. The molecule has 0 heteroatoms. The van der Waals surface area contributed by atoms with Crippen LogP contribution in [0.25, 0.3) is 46.6 Å². The first kappa shape index (κ1) is 18.1. The Hall–Kier alpha value is -3.90. The van der Waals surface area contributed by atoms with Gasteiger partial charge in [-0.05, 0) is 44.5 Å². The van der Waals surface area contributed by atoms with Crippen LogP contribution in [0.5, 0.6) is 0 Å². The molecule has 4 aliphatic carbocycles. The molecule has 0 saturated heterocycles. The summed E-state index contributed by atoms with van der Waals surface area (Å²) >= 11 is 0. The molecule has 0 unspecified atom stereocenters. The molecule has 0 amide bonds. The Kier molecular flexibility index (Phi) is 4.98. The summed E-state index contributed by atoms with van der Waals surface area (Å²) in [6, 6.07) is 38.6. The Morgan fingerprint density at radius 3 is 1.23 bits per heavy atom. The van der Waals surface area contributed by atoms with Gasteiger partial charge in [0.15, 0.2) is 0 Å². The van der Waals surface area contributed by atoms with E-state index in [1.165, 1.54) is 44.5 Å². The van der Waals surface area contributed by atoms with Crippen molar-refractivity contribution in [1.29, 1.82) is 0 Å². The van der Waals surface area contributed by atoms with Gasteiger partial charge in [-0.2, -0.15) is 0 Å². The Bertz CT molecular complexity index is 1170. The molecule has 0 saturated carbocycles. The third kappa shape index (κ3) is 3.81. The third-order valence-electron chi connectivity index (χ3n) is 5.50. The zero-order valence-electron chi connectivity index (χ0n) is 16.7. The van der Waals surface area contributed by atoms with Crippen molar-refractivity contribution in [3.05, 3.63) is 131 Å². The molecule has 0 radical (unpaired) electrons. The zero-order valence-corrected chi connectivity index (χ0v) is 16.7. The van der Waals surface area contributed by atoms with Crippen molar-refractivity contribution in [3.8, 4) is 22.3 Å². The van der Waals surface area contributed by atoms with Gasteiger partial charge in [-0.25, -0.2) is 0 Å². The maximum atomic E-state index is 2.20. The maximum absolute atomic E-state index is 2.20. The molecule has 0 aliphatic heterocycles. The average Bonchev–Trinajstić information content (AvgIpc) is 3.14. The molecule has 0 aromatic heterocycles. The first-order valence-corrected chi connectivity index (χ1v) is 10.3. The summed E-state index contributed by atoms with van der Waals surface area (Å²) in [4.78, 5) is 0. The van der Waals surface area contributed by atoms with Gasteiger partial charge in [0.2, 0.25) is 0 Å².